The average Bonchev–Trinajstić information content (AvgIpc) is 3.43. The Balaban J connectivity index is 1.32. The standard InChI is InChI=1S/C30H30N4O4/c1-35-29-17-20(2-4-27(29)34-10-14-37-15-11-34)26-18-24-25(33-26)6-9-32-30(24)21-3-5-28(22(16-21)19-31)38-23-7-12-36-13-8-23/h2-6,9,16-18,23,33H,7-8,10-15H2,1H3. The molecule has 0 saturated carbocycles. The molecular formula is C30H30N4O4. The van der Waals surface area contributed by atoms with Crippen LogP contribution >= 0.6 is 0 Å². The van der Waals surface area contributed by atoms with E-state index in [2.05, 4.69) is 45.2 Å². The molecule has 4 aromatic rings. The van der Waals surface area contributed by atoms with Crippen molar-refractivity contribution in [2.75, 3.05) is 51.5 Å². The Kier molecular flexibility index (Phi) is 6.86. The lowest BCUT2D eigenvalue weighted by Gasteiger charge is -2.30. The zero-order chi connectivity index (χ0) is 25.9. The van der Waals surface area contributed by atoms with Crippen LogP contribution in [0, 0.1) is 11.3 Å². The molecule has 2 aliphatic rings. The number of aromatic nitrogens is 2. The van der Waals surface area contributed by atoms with Gasteiger partial charge in [0.15, 0.2) is 0 Å². The van der Waals surface area contributed by atoms with Gasteiger partial charge in [0.2, 0.25) is 0 Å². The van der Waals surface area contributed by atoms with Crippen LogP contribution in [0.4, 0.5) is 5.69 Å². The van der Waals surface area contributed by atoms with Crippen LogP contribution in [0.15, 0.2) is 54.7 Å². The van der Waals surface area contributed by atoms with E-state index in [4.69, 9.17) is 18.9 Å². The number of methoxy groups -OCH3 is 1. The van der Waals surface area contributed by atoms with E-state index in [9.17, 15) is 5.26 Å². The van der Waals surface area contributed by atoms with E-state index in [1.807, 2.05) is 24.3 Å². The van der Waals surface area contributed by atoms with Gasteiger partial charge < -0.3 is 28.8 Å². The second-order valence-electron chi connectivity index (χ2n) is 9.54. The lowest BCUT2D eigenvalue weighted by molar-refractivity contribution is 0.0254. The van der Waals surface area contributed by atoms with E-state index in [1.54, 1.807) is 13.3 Å². The molecule has 6 rings (SSSR count). The van der Waals surface area contributed by atoms with Gasteiger partial charge in [-0.2, -0.15) is 5.26 Å². The van der Waals surface area contributed by atoms with Gasteiger partial charge in [-0.15, -0.1) is 0 Å². The fourth-order valence-electron chi connectivity index (χ4n) is 5.19. The van der Waals surface area contributed by atoms with E-state index >= 15 is 0 Å². The van der Waals surface area contributed by atoms with E-state index < -0.39 is 0 Å². The number of aromatic amines is 1. The van der Waals surface area contributed by atoms with Crippen molar-refractivity contribution in [2.24, 2.45) is 0 Å². The lowest BCUT2D eigenvalue weighted by Crippen LogP contribution is -2.36. The molecule has 8 nitrogen and oxygen atoms in total. The van der Waals surface area contributed by atoms with Crippen LogP contribution in [0.5, 0.6) is 11.5 Å². The first-order chi connectivity index (χ1) is 18.7. The second-order valence-corrected chi connectivity index (χ2v) is 9.54. The molecule has 38 heavy (non-hydrogen) atoms. The lowest BCUT2D eigenvalue weighted by atomic mass is 10.0. The molecule has 194 valence electrons. The van der Waals surface area contributed by atoms with Gasteiger partial charge in [-0.25, -0.2) is 0 Å². The highest BCUT2D eigenvalue weighted by molar-refractivity contribution is 5.96. The Bertz CT molecular complexity index is 1480. The minimum atomic E-state index is 0.0714. The largest absolute Gasteiger partial charge is 0.495 e. The predicted molar refractivity (Wildman–Crippen MR) is 146 cm³/mol. The number of pyridine rings is 1. The molecule has 2 aromatic heterocycles. The van der Waals surface area contributed by atoms with Gasteiger partial charge in [0.05, 0.1) is 50.5 Å². The molecule has 0 amide bonds. The molecule has 1 N–H and O–H groups in total. The monoisotopic (exact) mass is 510 g/mol. The zero-order valence-electron chi connectivity index (χ0n) is 21.4. The predicted octanol–water partition coefficient (Wildman–Crippen LogP) is 5.17. The third-order valence-corrected chi connectivity index (χ3v) is 7.23. The van der Waals surface area contributed by atoms with E-state index in [1.165, 1.54) is 0 Å². The number of fused-ring (bicyclic) bond motifs is 1. The molecule has 0 spiro atoms. The first kappa shape index (κ1) is 24.3. The summed E-state index contributed by atoms with van der Waals surface area (Å²) >= 11 is 0. The SMILES string of the molecule is COc1cc(-c2cc3c(-c4ccc(OC5CCOCC5)c(C#N)c4)nccc3[nH]2)ccc1N1CCOCC1. The van der Waals surface area contributed by atoms with Crippen molar-refractivity contribution in [1.29, 1.82) is 5.26 Å². The highest BCUT2D eigenvalue weighted by Gasteiger charge is 2.19. The van der Waals surface area contributed by atoms with Crippen molar-refractivity contribution in [2.45, 2.75) is 18.9 Å². The van der Waals surface area contributed by atoms with Crippen LogP contribution in [-0.4, -0.2) is 62.7 Å². The van der Waals surface area contributed by atoms with Gasteiger partial charge in [-0.1, -0.05) is 6.07 Å². The van der Waals surface area contributed by atoms with Gasteiger partial charge >= 0.3 is 0 Å². The highest BCUT2D eigenvalue weighted by atomic mass is 16.5. The van der Waals surface area contributed by atoms with Crippen molar-refractivity contribution in [3.63, 3.8) is 0 Å². The van der Waals surface area contributed by atoms with Crippen LogP contribution in [0.3, 0.4) is 0 Å². The van der Waals surface area contributed by atoms with Crippen molar-refractivity contribution in [1.82, 2.24) is 9.97 Å². The maximum Gasteiger partial charge on any atom is 0.142 e. The molecule has 8 heteroatoms. The number of hydrogen-bond acceptors (Lipinski definition) is 7. The molecule has 0 aliphatic carbocycles. The summed E-state index contributed by atoms with van der Waals surface area (Å²) in [5.41, 5.74) is 6.24. The number of benzene rings is 2. The first-order valence-electron chi connectivity index (χ1n) is 13.0. The van der Waals surface area contributed by atoms with Crippen molar-refractivity contribution in [3.05, 3.63) is 60.3 Å². The number of nitriles is 1. The van der Waals surface area contributed by atoms with Gasteiger partial charge in [-0.3, -0.25) is 4.98 Å². The molecule has 2 aliphatic heterocycles. The maximum atomic E-state index is 9.85. The zero-order valence-corrected chi connectivity index (χ0v) is 21.4. The van der Waals surface area contributed by atoms with Crippen LogP contribution in [0.1, 0.15) is 18.4 Å². The van der Waals surface area contributed by atoms with Gasteiger partial charge in [0.1, 0.15) is 23.7 Å². The normalized spacial score (nSPS) is 16.4. The molecule has 2 fully saturated rings. The quantitative estimate of drug-likeness (QED) is 0.382. The van der Waals surface area contributed by atoms with Crippen LogP contribution in [0.2, 0.25) is 0 Å². The summed E-state index contributed by atoms with van der Waals surface area (Å²) in [7, 11) is 1.71. The fraction of sp³-hybridized carbons (Fsp3) is 0.333. The van der Waals surface area contributed by atoms with E-state index in [0.717, 1.165) is 84.0 Å². The van der Waals surface area contributed by atoms with Gasteiger partial charge in [0.25, 0.3) is 0 Å². The number of nitrogens with one attached hydrogen (secondary N) is 1. The van der Waals surface area contributed by atoms with Crippen molar-refractivity contribution >= 4 is 16.6 Å². The summed E-state index contributed by atoms with van der Waals surface area (Å²) in [5, 5.41) is 10.8. The Labute approximate surface area is 221 Å². The minimum absolute atomic E-state index is 0.0714. The summed E-state index contributed by atoms with van der Waals surface area (Å²) in [6.45, 7) is 4.52. The van der Waals surface area contributed by atoms with E-state index in [0.29, 0.717) is 24.5 Å². The molecule has 0 atom stereocenters. The van der Waals surface area contributed by atoms with Crippen LogP contribution < -0.4 is 14.4 Å². The smallest absolute Gasteiger partial charge is 0.142 e. The van der Waals surface area contributed by atoms with Crippen LogP contribution in [-0.2, 0) is 9.47 Å². The summed E-state index contributed by atoms with van der Waals surface area (Å²) in [6.07, 6.45) is 3.52. The molecule has 0 unspecified atom stereocenters. The van der Waals surface area contributed by atoms with Gasteiger partial charge in [0, 0.05) is 59.9 Å². The fourth-order valence-corrected chi connectivity index (χ4v) is 5.19. The average molecular weight is 511 g/mol. The summed E-state index contributed by atoms with van der Waals surface area (Å²) in [5.74, 6) is 1.44. The number of rotatable bonds is 6. The third kappa shape index (κ3) is 4.78. The number of ether oxygens (including phenoxy) is 4. The first-order valence-corrected chi connectivity index (χ1v) is 13.0. The Morgan fingerprint density at radius 2 is 1.74 bits per heavy atom. The Morgan fingerprint density at radius 1 is 0.947 bits per heavy atom. The van der Waals surface area contributed by atoms with Crippen molar-refractivity contribution < 1.29 is 18.9 Å². The minimum Gasteiger partial charge on any atom is -0.495 e. The molecule has 0 bridgehead atoms. The number of morpholine rings is 1. The molecule has 2 saturated heterocycles. The third-order valence-electron chi connectivity index (χ3n) is 7.23. The molecule has 2 aromatic carbocycles. The molecule has 4 heterocycles. The van der Waals surface area contributed by atoms with Gasteiger partial charge in [-0.05, 0) is 42.5 Å². The van der Waals surface area contributed by atoms with E-state index in [-0.39, 0.29) is 6.10 Å². The maximum absolute atomic E-state index is 9.85. The topological polar surface area (TPSA) is 92.6 Å². The Morgan fingerprint density at radius 3 is 2.53 bits per heavy atom. The summed E-state index contributed by atoms with van der Waals surface area (Å²) in [6, 6.07) is 18.4. The summed E-state index contributed by atoms with van der Waals surface area (Å²) in [4.78, 5) is 10.5. The summed E-state index contributed by atoms with van der Waals surface area (Å²) < 4.78 is 22.8. The van der Waals surface area contributed by atoms with Crippen LogP contribution in [0.25, 0.3) is 33.4 Å². The molecule has 0 radical (unpaired) electrons. The number of H-pyrrole nitrogens is 1. The van der Waals surface area contributed by atoms with Crippen molar-refractivity contribution in [3.8, 4) is 40.1 Å². The second kappa shape index (κ2) is 10.7. The number of anilines is 1. The number of hydrogen-bond donors (Lipinski definition) is 1. The Hall–Kier alpha value is -4.06. The highest BCUT2D eigenvalue weighted by Crippen LogP contribution is 2.37. The molecular weight excluding hydrogens is 480 g/mol. The number of nitrogens with zero attached hydrogens (tertiary/aromatic N) is 3.